The number of hydrogen-bond acceptors (Lipinski definition) is 4. The molecule has 0 saturated carbocycles. The zero-order valence-corrected chi connectivity index (χ0v) is 25.5. The van der Waals surface area contributed by atoms with E-state index in [9.17, 15) is 42.1 Å². The maximum absolute atomic E-state index is 13.1. The molecule has 3 unspecified atom stereocenters. The third-order valence-electron chi connectivity index (χ3n) is 8.95. The Morgan fingerprint density at radius 2 is 1.47 bits per heavy atom. The molecule has 1 aliphatic rings. The van der Waals surface area contributed by atoms with E-state index in [4.69, 9.17) is 0 Å². The summed E-state index contributed by atoms with van der Waals surface area (Å²) < 4.78 is 63.2. The van der Waals surface area contributed by atoms with Gasteiger partial charge in [-0.2, -0.15) is 22.0 Å². The van der Waals surface area contributed by atoms with Crippen LogP contribution in [0.2, 0.25) is 0 Å². The van der Waals surface area contributed by atoms with Crippen molar-refractivity contribution in [2.75, 3.05) is 5.75 Å². The summed E-state index contributed by atoms with van der Waals surface area (Å²) in [5.41, 5.74) is 2.36. The highest BCUT2D eigenvalue weighted by molar-refractivity contribution is 7.99. The van der Waals surface area contributed by atoms with Crippen molar-refractivity contribution in [3.63, 3.8) is 0 Å². The molecule has 3 atom stereocenters. The van der Waals surface area contributed by atoms with Crippen LogP contribution in [0.5, 0.6) is 11.5 Å². The minimum absolute atomic E-state index is 0.0916. The number of fused-ring (bicyclic) bond motifs is 1. The lowest BCUT2D eigenvalue weighted by atomic mass is 9.65. The molecule has 0 aromatic heterocycles. The fourth-order valence-electron chi connectivity index (χ4n) is 6.33. The summed E-state index contributed by atoms with van der Waals surface area (Å²) in [5.74, 6) is -5.19. The van der Waals surface area contributed by atoms with Gasteiger partial charge in [-0.3, -0.25) is 4.79 Å². The first-order valence-electron chi connectivity index (χ1n) is 15.2. The minimum Gasteiger partial charge on any atom is -0.508 e. The van der Waals surface area contributed by atoms with Crippen LogP contribution in [0.25, 0.3) is 0 Å². The summed E-state index contributed by atoms with van der Waals surface area (Å²) in [7, 11) is 0. The molecule has 0 radical (unpaired) electrons. The van der Waals surface area contributed by atoms with Gasteiger partial charge in [0.15, 0.2) is 0 Å². The Hall–Kier alpha value is -2.49. The molecule has 0 amide bonds. The summed E-state index contributed by atoms with van der Waals surface area (Å²) in [4.78, 5) is 12.6. The quantitative estimate of drug-likeness (QED) is 0.120. The number of rotatable bonds is 17. The van der Waals surface area contributed by atoms with Crippen LogP contribution in [0.15, 0.2) is 47.4 Å². The molecule has 0 saturated heterocycles. The van der Waals surface area contributed by atoms with Gasteiger partial charge in [0.1, 0.15) is 11.5 Å². The van der Waals surface area contributed by atoms with Crippen LogP contribution in [0.4, 0.5) is 22.0 Å². The smallest absolute Gasteiger partial charge is 0.453 e. The Morgan fingerprint density at radius 1 is 0.884 bits per heavy atom. The number of carboxylic acid groups (broad SMARTS) is 1. The van der Waals surface area contributed by atoms with Gasteiger partial charge in [0, 0.05) is 22.5 Å². The number of aliphatic carboxylic acids is 1. The predicted octanol–water partition coefficient (Wildman–Crippen LogP) is 10.2. The van der Waals surface area contributed by atoms with Gasteiger partial charge in [-0.1, -0.05) is 70.1 Å². The summed E-state index contributed by atoms with van der Waals surface area (Å²) in [6.45, 7) is 2.21. The van der Waals surface area contributed by atoms with E-state index in [0.717, 1.165) is 62.0 Å². The van der Waals surface area contributed by atoms with Crippen LogP contribution in [-0.2, 0) is 10.2 Å². The molecule has 0 bridgehead atoms. The molecule has 2 aromatic carbocycles. The van der Waals surface area contributed by atoms with Gasteiger partial charge in [-0.05, 0) is 73.4 Å². The van der Waals surface area contributed by atoms with Crippen molar-refractivity contribution < 1.29 is 42.1 Å². The number of unbranched alkanes of at least 4 members (excludes halogenated alkanes) is 6. The van der Waals surface area contributed by atoms with Crippen molar-refractivity contribution in [1.29, 1.82) is 0 Å². The van der Waals surface area contributed by atoms with Crippen LogP contribution < -0.4 is 0 Å². The van der Waals surface area contributed by atoms with E-state index in [1.165, 1.54) is 11.1 Å². The number of benzene rings is 2. The molecule has 4 nitrogen and oxygen atoms in total. The number of aromatic hydroxyl groups is 2. The van der Waals surface area contributed by atoms with Crippen molar-refractivity contribution in [3.8, 4) is 11.5 Å². The first-order valence-corrected chi connectivity index (χ1v) is 16.2. The average molecular weight is 631 g/mol. The van der Waals surface area contributed by atoms with Gasteiger partial charge in [0.25, 0.3) is 0 Å². The van der Waals surface area contributed by atoms with E-state index in [-0.39, 0.29) is 35.7 Å². The summed E-state index contributed by atoms with van der Waals surface area (Å²) in [5, 5.41) is 29.3. The monoisotopic (exact) mass is 630 g/mol. The molecule has 0 spiro atoms. The van der Waals surface area contributed by atoms with Gasteiger partial charge < -0.3 is 15.3 Å². The fraction of sp³-hybridized carbons (Fsp3) is 0.606. The third kappa shape index (κ3) is 9.25. The van der Waals surface area contributed by atoms with Crippen molar-refractivity contribution in [2.45, 2.75) is 119 Å². The number of hydrogen-bond donors (Lipinski definition) is 3. The molecule has 43 heavy (non-hydrogen) atoms. The van der Waals surface area contributed by atoms with E-state index in [1.807, 2.05) is 24.3 Å². The Balaban J connectivity index is 1.44. The van der Waals surface area contributed by atoms with Crippen molar-refractivity contribution in [3.05, 3.63) is 53.6 Å². The largest absolute Gasteiger partial charge is 0.508 e. The average Bonchev–Trinajstić information content (AvgIpc) is 2.94. The SMILES string of the molecule is CCC1(c2ccc(O)cc2)CSc2cc(O)ccc2C1CCCCCCCCCC(CCCC(F)(F)C(F)(F)F)C(=O)O. The third-order valence-corrected chi connectivity index (χ3v) is 10.3. The number of thioether (sulfide) groups is 1. The first-order chi connectivity index (χ1) is 20.3. The number of phenolic OH excluding ortho intramolecular Hbond substituents is 2. The first kappa shape index (κ1) is 35.0. The van der Waals surface area contributed by atoms with E-state index in [1.54, 1.807) is 30.0 Å². The van der Waals surface area contributed by atoms with E-state index in [2.05, 4.69) is 6.92 Å². The van der Waals surface area contributed by atoms with Crippen LogP contribution in [0, 0.1) is 5.92 Å². The molecule has 240 valence electrons. The molecule has 0 fully saturated rings. The molecule has 1 aliphatic heterocycles. The Labute approximate surface area is 255 Å². The van der Waals surface area contributed by atoms with Gasteiger partial charge >= 0.3 is 18.1 Å². The Bertz CT molecular complexity index is 1170. The zero-order chi connectivity index (χ0) is 31.7. The lowest BCUT2D eigenvalue weighted by Crippen LogP contribution is -2.38. The predicted molar refractivity (Wildman–Crippen MR) is 159 cm³/mol. The maximum atomic E-state index is 13.1. The lowest BCUT2D eigenvalue weighted by Gasteiger charge is -2.45. The molecule has 10 heteroatoms. The van der Waals surface area contributed by atoms with Crippen molar-refractivity contribution in [1.82, 2.24) is 0 Å². The van der Waals surface area contributed by atoms with E-state index < -0.39 is 36.8 Å². The van der Waals surface area contributed by atoms with Gasteiger partial charge in [0.2, 0.25) is 0 Å². The maximum Gasteiger partial charge on any atom is 0.453 e. The van der Waals surface area contributed by atoms with Crippen molar-refractivity contribution in [2.24, 2.45) is 5.92 Å². The lowest BCUT2D eigenvalue weighted by molar-refractivity contribution is -0.284. The molecule has 0 aliphatic carbocycles. The standard InChI is InChI=1S/C33H43F5O4S/c1-2-31(24-14-16-25(39)17-15-24)22-43-29-21-26(40)18-19-27(29)28(31)13-9-7-5-3-4-6-8-11-23(30(41)42)12-10-20-32(34,35)33(36,37)38/h14-19,21,23,28,39-40H,2-13,20,22H2,1H3,(H,41,42). The van der Waals surface area contributed by atoms with Gasteiger partial charge in [-0.15, -0.1) is 11.8 Å². The number of alkyl halides is 5. The van der Waals surface area contributed by atoms with Crippen LogP contribution in [-0.4, -0.2) is 39.1 Å². The summed E-state index contributed by atoms with van der Waals surface area (Å²) in [6, 6.07) is 13.2. The molecular weight excluding hydrogens is 587 g/mol. The van der Waals surface area contributed by atoms with Gasteiger partial charge in [-0.25, -0.2) is 0 Å². The second kappa shape index (κ2) is 15.5. The highest BCUT2D eigenvalue weighted by atomic mass is 32.2. The molecular formula is C33H43F5O4S. The fourth-order valence-corrected chi connectivity index (χ4v) is 7.90. The minimum atomic E-state index is -5.61. The van der Waals surface area contributed by atoms with Crippen LogP contribution >= 0.6 is 11.8 Å². The van der Waals surface area contributed by atoms with E-state index in [0.29, 0.717) is 6.42 Å². The second-order valence-corrected chi connectivity index (χ2v) is 12.8. The molecule has 3 rings (SSSR count). The van der Waals surface area contributed by atoms with Gasteiger partial charge in [0.05, 0.1) is 5.92 Å². The summed E-state index contributed by atoms with van der Waals surface area (Å²) in [6.07, 6.45) is 0.910. The normalized spacial score (nSPS) is 19.6. The number of halogens is 5. The topological polar surface area (TPSA) is 77.8 Å². The van der Waals surface area contributed by atoms with Crippen LogP contribution in [0.3, 0.4) is 0 Å². The Morgan fingerprint density at radius 3 is 2.07 bits per heavy atom. The number of carboxylic acids is 1. The molecule has 3 N–H and O–H groups in total. The number of phenols is 2. The molecule has 2 aromatic rings. The molecule has 1 heterocycles. The second-order valence-electron chi connectivity index (χ2n) is 11.8. The van der Waals surface area contributed by atoms with E-state index >= 15 is 0 Å². The summed E-state index contributed by atoms with van der Waals surface area (Å²) >= 11 is 1.76. The Kier molecular flexibility index (Phi) is 12.6. The zero-order valence-electron chi connectivity index (χ0n) is 24.6. The number of carbonyl (C=O) groups is 1. The highest BCUT2D eigenvalue weighted by Gasteiger charge is 2.56. The highest BCUT2D eigenvalue weighted by Crippen LogP contribution is 2.54. The van der Waals surface area contributed by atoms with Crippen LogP contribution in [0.1, 0.15) is 107 Å². The van der Waals surface area contributed by atoms with Crippen molar-refractivity contribution >= 4 is 17.7 Å².